The van der Waals surface area contributed by atoms with E-state index < -0.39 is 0 Å². The third-order valence-electron chi connectivity index (χ3n) is 4.04. The largest absolute Gasteiger partial charge is 0.385 e. The first-order valence-corrected chi connectivity index (χ1v) is 6.91. The molecule has 2 heterocycles. The molecule has 1 aromatic rings. The van der Waals surface area contributed by atoms with Crippen LogP contribution >= 0.6 is 0 Å². The van der Waals surface area contributed by atoms with Crippen molar-refractivity contribution in [3.8, 4) is 0 Å². The number of likely N-dealkylation sites (tertiary alicyclic amines) is 1. The summed E-state index contributed by atoms with van der Waals surface area (Å²) in [6, 6.07) is 6.05. The summed E-state index contributed by atoms with van der Waals surface area (Å²) in [5.74, 6) is 0.867. The highest BCUT2D eigenvalue weighted by Crippen LogP contribution is 2.27. The highest BCUT2D eigenvalue weighted by molar-refractivity contribution is 5.97. The SMILES string of the molecule is CC1CCN(C(=O)c2cccc3c2CCCN3)C1. The summed E-state index contributed by atoms with van der Waals surface area (Å²) in [6.45, 7) is 5.06. The van der Waals surface area contributed by atoms with Crippen molar-refractivity contribution in [1.29, 1.82) is 0 Å². The Morgan fingerprint density at radius 1 is 1.44 bits per heavy atom. The maximum absolute atomic E-state index is 12.6. The Balaban J connectivity index is 1.90. The third kappa shape index (κ3) is 1.98. The van der Waals surface area contributed by atoms with Crippen LogP contribution in [0.5, 0.6) is 0 Å². The van der Waals surface area contributed by atoms with Crippen LogP contribution in [0.15, 0.2) is 18.2 Å². The molecule has 0 aliphatic carbocycles. The quantitative estimate of drug-likeness (QED) is 0.823. The van der Waals surface area contributed by atoms with Crippen molar-refractivity contribution in [2.24, 2.45) is 5.92 Å². The zero-order chi connectivity index (χ0) is 12.5. The first-order valence-electron chi connectivity index (χ1n) is 6.91. The summed E-state index contributed by atoms with van der Waals surface area (Å²) in [7, 11) is 0. The van der Waals surface area contributed by atoms with E-state index in [1.807, 2.05) is 17.0 Å². The van der Waals surface area contributed by atoms with Crippen LogP contribution in [0.2, 0.25) is 0 Å². The number of amides is 1. The summed E-state index contributed by atoms with van der Waals surface area (Å²) >= 11 is 0. The Labute approximate surface area is 108 Å². The van der Waals surface area contributed by atoms with Crippen molar-refractivity contribution in [3.63, 3.8) is 0 Å². The smallest absolute Gasteiger partial charge is 0.254 e. The summed E-state index contributed by atoms with van der Waals surface area (Å²) in [4.78, 5) is 14.6. The highest BCUT2D eigenvalue weighted by Gasteiger charge is 2.26. The first-order chi connectivity index (χ1) is 8.75. The molecule has 1 N–H and O–H groups in total. The molecule has 0 radical (unpaired) electrons. The monoisotopic (exact) mass is 244 g/mol. The minimum Gasteiger partial charge on any atom is -0.385 e. The lowest BCUT2D eigenvalue weighted by Crippen LogP contribution is -2.30. The van der Waals surface area contributed by atoms with Gasteiger partial charge in [-0.25, -0.2) is 0 Å². The van der Waals surface area contributed by atoms with Crippen molar-refractivity contribution in [2.75, 3.05) is 25.0 Å². The van der Waals surface area contributed by atoms with Gasteiger partial charge in [0.25, 0.3) is 5.91 Å². The number of carbonyl (C=O) groups is 1. The number of carbonyl (C=O) groups excluding carboxylic acids is 1. The number of fused-ring (bicyclic) bond motifs is 1. The molecule has 3 rings (SSSR count). The number of benzene rings is 1. The molecule has 1 unspecified atom stereocenters. The number of hydrogen-bond donors (Lipinski definition) is 1. The van der Waals surface area contributed by atoms with Crippen LogP contribution in [0.3, 0.4) is 0 Å². The Hall–Kier alpha value is -1.51. The summed E-state index contributed by atoms with van der Waals surface area (Å²) in [5.41, 5.74) is 3.28. The zero-order valence-corrected chi connectivity index (χ0v) is 10.9. The van der Waals surface area contributed by atoms with Crippen molar-refractivity contribution in [2.45, 2.75) is 26.2 Å². The van der Waals surface area contributed by atoms with Crippen LogP contribution in [0.1, 0.15) is 35.7 Å². The molecule has 3 heteroatoms. The fraction of sp³-hybridized carbons (Fsp3) is 0.533. The lowest BCUT2D eigenvalue weighted by atomic mass is 9.97. The van der Waals surface area contributed by atoms with Crippen molar-refractivity contribution < 1.29 is 4.79 Å². The number of nitrogens with zero attached hydrogens (tertiary/aromatic N) is 1. The normalized spacial score (nSPS) is 22.5. The molecule has 2 aliphatic rings. The fourth-order valence-corrected chi connectivity index (χ4v) is 3.00. The van der Waals surface area contributed by atoms with E-state index in [9.17, 15) is 4.79 Å². The Morgan fingerprint density at radius 3 is 3.11 bits per heavy atom. The molecule has 18 heavy (non-hydrogen) atoms. The summed E-state index contributed by atoms with van der Waals surface area (Å²) in [5, 5.41) is 3.39. The lowest BCUT2D eigenvalue weighted by molar-refractivity contribution is 0.0787. The molecule has 1 amide bonds. The first kappa shape index (κ1) is 11.6. The van der Waals surface area contributed by atoms with E-state index in [0.29, 0.717) is 5.92 Å². The van der Waals surface area contributed by atoms with Gasteiger partial charge in [-0.3, -0.25) is 4.79 Å². The second-order valence-corrected chi connectivity index (χ2v) is 5.51. The zero-order valence-electron chi connectivity index (χ0n) is 10.9. The lowest BCUT2D eigenvalue weighted by Gasteiger charge is -2.23. The van der Waals surface area contributed by atoms with Crippen molar-refractivity contribution >= 4 is 11.6 Å². The Bertz CT molecular complexity index is 470. The van der Waals surface area contributed by atoms with E-state index >= 15 is 0 Å². The van der Waals surface area contributed by atoms with Crippen LogP contribution in [0.4, 0.5) is 5.69 Å². The number of hydrogen-bond acceptors (Lipinski definition) is 2. The van der Waals surface area contributed by atoms with Crippen LogP contribution in [0, 0.1) is 5.92 Å². The van der Waals surface area contributed by atoms with Gasteiger partial charge in [0.15, 0.2) is 0 Å². The predicted molar refractivity (Wildman–Crippen MR) is 72.9 cm³/mol. The van der Waals surface area contributed by atoms with Crippen LogP contribution in [-0.4, -0.2) is 30.4 Å². The van der Waals surface area contributed by atoms with Gasteiger partial charge in [-0.05, 0) is 42.9 Å². The van der Waals surface area contributed by atoms with Gasteiger partial charge in [-0.15, -0.1) is 0 Å². The van der Waals surface area contributed by atoms with E-state index in [2.05, 4.69) is 18.3 Å². The maximum Gasteiger partial charge on any atom is 0.254 e. The number of rotatable bonds is 1. The Kier molecular flexibility index (Phi) is 2.98. The molecule has 1 atom stereocenters. The van der Waals surface area contributed by atoms with Gasteiger partial charge in [0.2, 0.25) is 0 Å². The second-order valence-electron chi connectivity index (χ2n) is 5.51. The Morgan fingerprint density at radius 2 is 2.33 bits per heavy atom. The number of nitrogens with one attached hydrogen (secondary N) is 1. The molecule has 1 fully saturated rings. The highest BCUT2D eigenvalue weighted by atomic mass is 16.2. The second kappa shape index (κ2) is 4.63. The van der Waals surface area contributed by atoms with E-state index in [0.717, 1.165) is 50.1 Å². The van der Waals surface area contributed by atoms with Gasteiger partial charge in [-0.2, -0.15) is 0 Å². The molecule has 1 saturated heterocycles. The van der Waals surface area contributed by atoms with E-state index in [1.165, 1.54) is 5.56 Å². The van der Waals surface area contributed by atoms with E-state index in [1.54, 1.807) is 0 Å². The van der Waals surface area contributed by atoms with Gasteiger partial charge >= 0.3 is 0 Å². The van der Waals surface area contributed by atoms with Crippen LogP contribution in [-0.2, 0) is 6.42 Å². The minimum atomic E-state index is 0.222. The molecule has 96 valence electrons. The van der Waals surface area contributed by atoms with Gasteiger partial charge in [0.1, 0.15) is 0 Å². The van der Waals surface area contributed by atoms with Gasteiger partial charge in [0.05, 0.1) is 0 Å². The molecule has 0 aromatic heterocycles. The average molecular weight is 244 g/mol. The van der Waals surface area contributed by atoms with Crippen LogP contribution in [0.25, 0.3) is 0 Å². The van der Waals surface area contributed by atoms with Crippen molar-refractivity contribution in [1.82, 2.24) is 4.90 Å². The molecule has 0 bridgehead atoms. The van der Waals surface area contributed by atoms with E-state index in [4.69, 9.17) is 0 Å². The van der Waals surface area contributed by atoms with E-state index in [-0.39, 0.29) is 5.91 Å². The summed E-state index contributed by atoms with van der Waals surface area (Å²) < 4.78 is 0. The number of anilines is 1. The maximum atomic E-state index is 12.6. The average Bonchev–Trinajstić information content (AvgIpc) is 2.84. The molecular weight excluding hydrogens is 224 g/mol. The molecule has 1 aromatic carbocycles. The van der Waals surface area contributed by atoms with Gasteiger partial charge < -0.3 is 10.2 Å². The molecule has 0 saturated carbocycles. The van der Waals surface area contributed by atoms with Gasteiger partial charge in [0, 0.05) is 30.9 Å². The molecule has 2 aliphatic heterocycles. The molecular formula is C15H20N2O. The summed E-state index contributed by atoms with van der Waals surface area (Å²) in [6.07, 6.45) is 3.28. The minimum absolute atomic E-state index is 0.222. The standard InChI is InChI=1S/C15H20N2O/c1-11-7-9-17(10-11)15(18)13-4-2-6-14-12(13)5-3-8-16-14/h2,4,6,11,16H,3,5,7-10H2,1H3. The molecule has 0 spiro atoms. The van der Waals surface area contributed by atoms with Crippen LogP contribution < -0.4 is 5.32 Å². The van der Waals surface area contributed by atoms with Gasteiger partial charge in [-0.1, -0.05) is 13.0 Å². The fourth-order valence-electron chi connectivity index (χ4n) is 3.00. The molecule has 3 nitrogen and oxygen atoms in total. The topological polar surface area (TPSA) is 32.3 Å². The predicted octanol–water partition coefficient (Wildman–Crippen LogP) is 2.53. The van der Waals surface area contributed by atoms with Crippen molar-refractivity contribution in [3.05, 3.63) is 29.3 Å². The third-order valence-corrected chi connectivity index (χ3v) is 4.04.